The number of rotatable bonds is 5. The first-order valence-corrected chi connectivity index (χ1v) is 7.03. The molecule has 0 aromatic carbocycles. The fourth-order valence-corrected chi connectivity index (χ4v) is 2.01. The first-order valence-electron chi connectivity index (χ1n) is 7.03. The van der Waals surface area contributed by atoms with Gasteiger partial charge in [-0.25, -0.2) is 9.97 Å². The van der Waals surface area contributed by atoms with Crippen LogP contribution >= 0.6 is 0 Å². The van der Waals surface area contributed by atoms with Gasteiger partial charge in [0.2, 0.25) is 0 Å². The fraction of sp³-hybridized carbons (Fsp3) is 0.733. The molecule has 2 N–H and O–H groups in total. The number of aromatic nitrogens is 2. The molecule has 0 spiro atoms. The SMILES string of the molecule is CCCC(C)(C)Nc1cc(NC)nc(C(C)(C)C)n1. The van der Waals surface area contributed by atoms with E-state index < -0.39 is 0 Å². The molecule has 0 aliphatic heterocycles. The zero-order valence-electron chi connectivity index (χ0n) is 13.4. The lowest BCUT2D eigenvalue weighted by molar-refractivity contribution is 0.504. The average molecular weight is 264 g/mol. The van der Waals surface area contributed by atoms with Crippen LogP contribution in [-0.4, -0.2) is 22.6 Å². The van der Waals surface area contributed by atoms with Crippen LogP contribution in [0.5, 0.6) is 0 Å². The predicted octanol–water partition coefficient (Wildman–Crippen LogP) is 3.81. The van der Waals surface area contributed by atoms with Gasteiger partial charge in [-0.05, 0) is 20.3 Å². The Morgan fingerprint density at radius 1 is 1.05 bits per heavy atom. The summed E-state index contributed by atoms with van der Waals surface area (Å²) in [5.74, 6) is 2.60. The second kappa shape index (κ2) is 5.76. The van der Waals surface area contributed by atoms with Crippen LogP contribution in [0.1, 0.15) is 60.2 Å². The molecule has 19 heavy (non-hydrogen) atoms. The van der Waals surface area contributed by atoms with Crippen LogP contribution in [0.25, 0.3) is 0 Å². The maximum Gasteiger partial charge on any atom is 0.138 e. The van der Waals surface area contributed by atoms with Gasteiger partial charge in [0.05, 0.1) is 0 Å². The summed E-state index contributed by atoms with van der Waals surface area (Å²) in [6.45, 7) is 13.0. The molecule has 4 heteroatoms. The molecule has 108 valence electrons. The van der Waals surface area contributed by atoms with Gasteiger partial charge in [0.25, 0.3) is 0 Å². The molecule has 0 aliphatic rings. The van der Waals surface area contributed by atoms with Crippen molar-refractivity contribution in [2.45, 2.75) is 65.3 Å². The number of nitrogens with zero attached hydrogens (tertiary/aromatic N) is 2. The highest BCUT2D eigenvalue weighted by Gasteiger charge is 2.21. The van der Waals surface area contributed by atoms with Crippen molar-refractivity contribution in [1.29, 1.82) is 0 Å². The molecule has 0 aliphatic carbocycles. The molecule has 0 saturated carbocycles. The third kappa shape index (κ3) is 4.69. The van der Waals surface area contributed by atoms with Gasteiger partial charge in [-0.15, -0.1) is 0 Å². The van der Waals surface area contributed by atoms with Crippen molar-refractivity contribution < 1.29 is 0 Å². The summed E-state index contributed by atoms with van der Waals surface area (Å²) in [5, 5.41) is 6.62. The molecule has 0 unspecified atom stereocenters. The monoisotopic (exact) mass is 264 g/mol. The van der Waals surface area contributed by atoms with Crippen LogP contribution in [0, 0.1) is 0 Å². The largest absolute Gasteiger partial charge is 0.373 e. The highest BCUT2D eigenvalue weighted by Crippen LogP contribution is 2.24. The van der Waals surface area contributed by atoms with Crippen LogP contribution in [-0.2, 0) is 5.41 Å². The van der Waals surface area contributed by atoms with E-state index in [1.807, 2.05) is 13.1 Å². The van der Waals surface area contributed by atoms with E-state index in [-0.39, 0.29) is 11.0 Å². The number of anilines is 2. The second-order valence-corrected chi connectivity index (χ2v) is 6.72. The Hall–Kier alpha value is -1.32. The van der Waals surface area contributed by atoms with E-state index in [1.54, 1.807) is 0 Å². The third-order valence-electron chi connectivity index (χ3n) is 2.99. The maximum atomic E-state index is 4.66. The van der Waals surface area contributed by atoms with Crippen molar-refractivity contribution in [3.63, 3.8) is 0 Å². The number of nitrogens with one attached hydrogen (secondary N) is 2. The van der Waals surface area contributed by atoms with Crippen LogP contribution in [0.2, 0.25) is 0 Å². The molecule has 0 amide bonds. The van der Waals surface area contributed by atoms with Crippen molar-refractivity contribution in [2.24, 2.45) is 0 Å². The van der Waals surface area contributed by atoms with E-state index in [1.165, 1.54) is 0 Å². The number of hydrogen-bond donors (Lipinski definition) is 2. The Kier molecular flexibility index (Phi) is 4.77. The van der Waals surface area contributed by atoms with E-state index >= 15 is 0 Å². The minimum Gasteiger partial charge on any atom is -0.373 e. The van der Waals surface area contributed by atoms with E-state index in [4.69, 9.17) is 0 Å². The van der Waals surface area contributed by atoms with Gasteiger partial charge >= 0.3 is 0 Å². The number of hydrogen-bond acceptors (Lipinski definition) is 4. The summed E-state index contributed by atoms with van der Waals surface area (Å²) >= 11 is 0. The third-order valence-corrected chi connectivity index (χ3v) is 2.99. The van der Waals surface area contributed by atoms with Crippen molar-refractivity contribution >= 4 is 11.6 Å². The molecule has 0 atom stereocenters. The fourth-order valence-electron chi connectivity index (χ4n) is 2.01. The summed E-state index contributed by atoms with van der Waals surface area (Å²) in [5.41, 5.74) is -0.0124. The average Bonchev–Trinajstić information content (AvgIpc) is 2.26. The Labute approximate surface area is 117 Å². The van der Waals surface area contributed by atoms with E-state index in [0.717, 1.165) is 30.3 Å². The molecule has 0 saturated heterocycles. The maximum absolute atomic E-state index is 4.66. The van der Waals surface area contributed by atoms with Crippen LogP contribution in [0.3, 0.4) is 0 Å². The van der Waals surface area contributed by atoms with Crippen LogP contribution in [0.4, 0.5) is 11.6 Å². The van der Waals surface area contributed by atoms with E-state index in [9.17, 15) is 0 Å². The van der Waals surface area contributed by atoms with Crippen LogP contribution < -0.4 is 10.6 Å². The standard InChI is InChI=1S/C15H28N4/c1-8-9-15(5,6)19-12-10-11(16-7)17-13(18-12)14(2,3)4/h10H,8-9H2,1-7H3,(H2,16,17,18,19). The van der Waals surface area contributed by atoms with Gasteiger partial charge < -0.3 is 10.6 Å². The first kappa shape index (κ1) is 15.7. The lowest BCUT2D eigenvalue weighted by Gasteiger charge is -2.27. The highest BCUT2D eigenvalue weighted by molar-refractivity contribution is 5.49. The van der Waals surface area contributed by atoms with Crippen molar-refractivity contribution in [2.75, 3.05) is 17.7 Å². The molecular formula is C15H28N4. The topological polar surface area (TPSA) is 49.8 Å². The summed E-state index contributed by atoms with van der Waals surface area (Å²) in [4.78, 5) is 9.19. The lowest BCUT2D eigenvalue weighted by atomic mass is 9.95. The summed E-state index contributed by atoms with van der Waals surface area (Å²) < 4.78 is 0. The lowest BCUT2D eigenvalue weighted by Crippen LogP contribution is -2.31. The minimum atomic E-state index is -0.0574. The summed E-state index contributed by atoms with van der Waals surface area (Å²) in [7, 11) is 1.88. The predicted molar refractivity (Wildman–Crippen MR) is 82.9 cm³/mol. The molecule has 1 aromatic heterocycles. The minimum absolute atomic E-state index is 0.0449. The summed E-state index contributed by atoms with van der Waals surface area (Å²) in [6.07, 6.45) is 2.26. The normalized spacial score (nSPS) is 12.4. The molecule has 1 rings (SSSR count). The van der Waals surface area contributed by atoms with Crippen molar-refractivity contribution in [3.05, 3.63) is 11.9 Å². The Balaban J connectivity index is 3.07. The van der Waals surface area contributed by atoms with E-state index in [0.29, 0.717) is 0 Å². The van der Waals surface area contributed by atoms with Crippen molar-refractivity contribution in [3.8, 4) is 0 Å². The van der Waals surface area contributed by atoms with Gasteiger partial charge in [-0.3, -0.25) is 0 Å². The van der Waals surface area contributed by atoms with E-state index in [2.05, 4.69) is 62.1 Å². The highest BCUT2D eigenvalue weighted by atomic mass is 15.1. The molecule has 0 bridgehead atoms. The molecule has 1 aromatic rings. The summed E-state index contributed by atoms with van der Waals surface area (Å²) in [6, 6.07) is 1.96. The second-order valence-electron chi connectivity index (χ2n) is 6.72. The molecule has 0 fully saturated rings. The Bertz CT molecular complexity index is 419. The Morgan fingerprint density at radius 3 is 2.11 bits per heavy atom. The zero-order valence-corrected chi connectivity index (χ0v) is 13.4. The smallest absolute Gasteiger partial charge is 0.138 e. The zero-order chi connectivity index (χ0) is 14.7. The van der Waals surface area contributed by atoms with Gasteiger partial charge in [0.1, 0.15) is 17.5 Å². The molecular weight excluding hydrogens is 236 g/mol. The van der Waals surface area contributed by atoms with Gasteiger partial charge in [-0.1, -0.05) is 34.1 Å². The van der Waals surface area contributed by atoms with Gasteiger partial charge in [0.15, 0.2) is 0 Å². The van der Waals surface area contributed by atoms with Gasteiger partial charge in [-0.2, -0.15) is 0 Å². The quantitative estimate of drug-likeness (QED) is 0.849. The Morgan fingerprint density at radius 2 is 1.63 bits per heavy atom. The van der Waals surface area contributed by atoms with Crippen LogP contribution in [0.15, 0.2) is 6.07 Å². The molecule has 4 nitrogen and oxygen atoms in total. The molecule has 1 heterocycles. The van der Waals surface area contributed by atoms with Crippen molar-refractivity contribution in [1.82, 2.24) is 9.97 Å². The first-order chi connectivity index (χ1) is 8.68. The molecule has 0 radical (unpaired) electrons. The van der Waals surface area contributed by atoms with Gasteiger partial charge in [0, 0.05) is 24.1 Å².